The van der Waals surface area contributed by atoms with Crippen molar-refractivity contribution in [3.05, 3.63) is 70.1 Å². The molecule has 0 saturated carbocycles. The first kappa shape index (κ1) is 17.7. The fraction of sp³-hybridized carbons (Fsp3) is 0.143. The molecule has 4 aromatic rings. The third-order valence-corrected chi connectivity index (χ3v) is 4.46. The molecule has 2 aromatic carbocycles. The van der Waals surface area contributed by atoms with Crippen molar-refractivity contribution in [1.29, 1.82) is 0 Å². The summed E-state index contributed by atoms with van der Waals surface area (Å²) in [5.41, 5.74) is 3.80. The molecule has 0 unspecified atom stereocenters. The minimum atomic E-state index is -0.274. The largest absolute Gasteiger partial charge is 0.497 e. The van der Waals surface area contributed by atoms with Crippen LogP contribution in [0.25, 0.3) is 22.2 Å². The van der Waals surface area contributed by atoms with Gasteiger partial charge in [-0.25, -0.2) is 15.0 Å². The number of rotatable bonds is 4. The van der Waals surface area contributed by atoms with Crippen LogP contribution in [0.3, 0.4) is 0 Å². The highest BCUT2D eigenvalue weighted by atomic mass is 16.5. The number of methoxy groups -OCH3 is 1. The van der Waals surface area contributed by atoms with Crippen LogP contribution in [0.5, 0.6) is 5.75 Å². The van der Waals surface area contributed by atoms with E-state index >= 15 is 0 Å². The lowest BCUT2D eigenvalue weighted by Gasteiger charge is -2.10. The molecule has 0 fully saturated rings. The third kappa shape index (κ3) is 3.42. The Morgan fingerprint density at radius 1 is 1.00 bits per heavy atom. The van der Waals surface area contributed by atoms with E-state index in [-0.39, 0.29) is 11.5 Å². The van der Waals surface area contributed by atoms with E-state index in [1.165, 1.54) is 6.07 Å². The van der Waals surface area contributed by atoms with Gasteiger partial charge in [0.2, 0.25) is 11.9 Å². The van der Waals surface area contributed by atoms with Gasteiger partial charge in [0.1, 0.15) is 5.75 Å². The van der Waals surface area contributed by atoms with Gasteiger partial charge in [-0.2, -0.15) is 0 Å². The summed E-state index contributed by atoms with van der Waals surface area (Å²) in [7, 11) is 1.60. The molecule has 2 heterocycles. The molecule has 0 aliphatic heterocycles. The summed E-state index contributed by atoms with van der Waals surface area (Å²) < 4.78 is 5.25. The van der Waals surface area contributed by atoms with E-state index in [4.69, 9.17) is 4.74 Å². The molecule has 7 heteroatoms. The Kier molecular flexibility index (Phi) is 4.49. The SMILES string of the molecule is COc1cccc(-c2cc(=O)[nH]c(Nc3nc(C)c4cccc(C)c4n3)n2)c1. The molecule has 28 heavy (non-hydrogen) atoms. The van der Waals surface area contributed by atoms with Crippen molar-refractivity contribution >= 4 is 22.8 Å². The van der Waals surface area contributed by atoms with Crippen LogP contribution < -0.4 is 15.6 Å². The van der Waals surface area contributed by atoms with E-state index in [1.54, 1.807) is 7.11 Å². The predicted octanol–water partition coefficient (Wildman–Crippen LogP) is 3.75. The Bertz CT molecular complexity index is 1230. The number of H-pyrrole nitrogens is 1. The minimum Gasteiger partial charge on any atom is -0.497 e. The quantitative estimate of drug-likeness (QED) is 0.566. The van der Waals surface area contributed by atoms with Gasteiger partial charge in [0, 0.05) is 17.0 Å². The Labute approximate surface area is 161 Å². The zero-order valence-electron chi connectivity index (χ0n) is 15.8. The number of para-hydroxylation sites is 1. The van der Waals surface area contributed by atoms with E-state index in [9.17, 15) is 4.79 Å². The second kappa shape index (κ2) is 7.11. The molecule has 0 bridgehead atoms. The second-order valence-corrected chi connectivity index (χ2v) is 6.44. The second-order valence-electron chi connectivity index (χ2n) is 6.44. The van der Waals surface area contributed by atoms with Crippen LogP contribution in [-0.2, 0) is 0 Å². The van der Waals surface area contributed by atoms with Crippen molar-refractivity contribution in [2.45, 2.75) is 13.8 Å². The standard InChI is InChI=1S/C21H19N5O2/c1-12-6-4-9-16-13(2)22-20(25-19(12)16)26-21-23-17(11-18(27)24-21)14-7-5-8-15(10-14)28-3/h4-11H,1-3H3,(H2,22,23,24,25,26,27). The highest BCUT2D eigenvalue weighted by Gasteiger charge is 2.10. The molecule has 2 aromatic heterocycles. The van der Waals surface area contributed by atoms with Gasteiger partial charge in [-0.05, 0) is 31.5 Å². The molecule has 0 atom stereocenters. The molecule has 0 aliphatic carbocycles. The van der Waals surface area contributed by atoms with Gasteiger partial charge >= 0.3 is 0 Å². The monoisotopic (exact) mass is 373 g/mol. The summed E-state index contributed by atoms with van der Waals surface area (Å²) in [6.07, 6.45) is 0. The molecule has 7 nitrogen and oxygen atoms in total. The summed E-state index contributed by atoms with van der Waals surface area (Å²) >= 11 is 0. The average molecular weight is 373 g/mol. The third-order valence-electron chi connectivity index (χ3n) is 4.46. The van der Waals surface area contributed by atoms with E-state index < -0.39 is 0 Å². The first-order chi connectivity index (χ1) is 13.5. The van der Waals surface area contributed by atoms with Gasteiger partial charge in [0.25, 0.3) is 5.56 Å². The molecule has 0 amide bonds. The molecule has 0 radical (unpaired) electrons. The number of ether oxygens (including phenoxy) is 1. The van der Waals surface area contributed by atoms with Crippen molar-refractivity contribution in [3.8, 4) is 17.0 Å². The fourth-order valence-electron chi connectivity index (χ4n) is 3.06. The van der Waals surface area contributed by atoms with E-state index in [2.05, 4.69) is 25.3 Å². The number of aromatic nitrogens is 4. The minimum absolute atomic E-state index is 0.274. The Morgan fingerprint density at radius 2 is 1.82 bits per heavy atom. The zero-order valence-corrected chi connectivity index (χ0v) is 15.8. The van der Waals surface area contributed by atoms with Crippen LogP contribution in [0.2, 0.25) is 0 Å². The molecule has 0 aliphatic rings. The average Bonchev–Trinajstić information content (AvgIpc) is 2.68. The molecule has 0 spiro atoms. The lowest BCUT2D eigenvalue weighted by Crippen LogP contribution is -2.12. The van der Waals surface area contributed by atoms with Crippen LogP contribution in [0.1, 0.15) is 11.3 Å². The van der Waals surface area contributed by atoms with Crippen molar-refractivity contribution < 1.29 is 4.74 Å². The number of hydrogen-bond donors (Lipinski definition) is 2. The Balaban J connectivity index is 1.74. The number of nitrogens with one attached hydrogen (secondary N) is 2. The van der Waals surface area contributed by atoms with Gasteiger partial charge < -0.3 is 4.74 Å². The van der Waals surface area contributed by atoms with E-state index in [1.807, 2.05) is 56.3 Å². The summed E-state index contributed by atoms with van der Waals surface area (Å²) in [5, 5.41) is 4.02. The number of hydrogen-bond acceptors (Lipinski definition) is 6. The molecule has 2 N–H and O–H groups in total. The van der Waals surface area contributed by atoms with Crippen LogP contribution in [0.4, 0.5) is 11.9 Å². The van der Waals surface area contributed by atoms with Gasteiger partial charge in [-0.1, -0.05) is 30.3 Å². The summed E-state index contributed by atoms with van der Waals surface area (Å²) in [6, 6.07) is 14.8. The first-order valence-corrected chi connectivity index (χ1v) is 8.80. The molecule has 140 valence electrons. The maximum absolute atomic E-state index is 12.2. The van der Waals surface area contributed by atoms with Crippen molar-refractivity contribution in [2.75, 3.05) is 12.4 Å². The van der Waals surface area contributed by atoms with Crippen LogP contribution in [-0.4, -0.2) is 27.0 Å². The van der Waals surface area contributed by atoms with Crippen LogP contribution in [0.15, 0.2) is 53.3 Å². The number of anilines is 2. The maximum Gasteiger partial charge on any atom is 0.252 e. The van der Waals surface area contributed by atoms with E-state index in [0.717, 1.165) is 27.7 Å². The fourth-order valence-corrected chi connectivity index (χ4v) is 3.06. The molecule has 0 saturated heterocycles. The number of nitrogens with zero attached hydrogens (tertiary/aromatic N) is 3. The molecule has 4 rings (SSSR count). The zero-order chi connectivity index (χ0) is 19.7. The molecular weight excluding hydrogens is 354 g/mol. The maximum atomic E-state index is 12.2. The topological polar surface area (TPSA) is 92.8 Å². The lowest BCUT2D eigenvalue weighted by molar-refractivity contribution is 0.415. The number of benzene rings is 2. The highest BCUT2D eigenvalue weighted by molar-refractivity contribution is 5.84. The van der Waals surface area contributed by atoms with Crippen molar-refractivity contribution in [3.63, 3.8) is 0 Å². The summed E-state index contributed by atoms with van der Waals surface area (Å²) in [4.78, 5) is 28.4. The summed E-state index contributed by atoms with van der Waals surface area (Å²) in [6.45, 7) is 3.93. The number of aryl methyl sites for hydroxylation is 2. The lowest BCUT2D eigenvalue weighted by atomic mass is 10.1. The van der Waals surface area contributed by atoms with Gasteiger partial charge in [0.05, 0.1) is 24.0 Å². The van der Waals surface area contributed by atoms with E-state index in [0.29, 0.717) is 17.4 Å². The number of fused-ring (bicyclic) bond motifs is 1. The Hall–Kier alpha value is -3.74. The van der Waals surface area contributed by atoms with Crippen molar-refractivity contribution in [2.24, 2.45) is 0 Å². The summed E-state index contributed by atoms with van der Waals surface area (Å²) in [5.74, 6) is 1.35. The van der Waals surface area contributed by atoms with Crippen molar-refractivity contribution in [1.82, 2.24) is 19.9 Å². The molecular formula is C21H19N5O2. The first-order valence-electron chi connectivity index (χ1n) is 8.80. The van der Waals surface area contributed by atoms with Gasteiger partial charge in [-0.15, -0.1) is 0 Å². The number of aromatic amines is 1. The predicted molar refractivity (Wildman–Crippen MR) is 109 cm³/mol. The smallest absolute Gasteiger partial charge is 0.252 e. The Morgan fingerprint density at radius 3 is 2.64 bits per heavy atom. The van der Waals surface area contributed by atoms with Gasteiger partial charge in [0.15, 0.2) is 0 Å². The van der Waals surface area contributed by atoms with Crippen LogP contribution in [0, 0.1) is 13.8 Å². The normalized spacial score (nSPS) is 10.8. The van der Waals surface area contributed by atoms with Crippen LogP contribution >= 0.6 is 0 Å². The highest BCUT2D eigenvalue weighted by Crippen LogP contribution is 2.23. The van der Waals surface area contributed by atoms with Gasteiger partial charge in [-0.3, -0.25) is 15.1 Å².